The summed E-state index contributed by atoms with van der Waals surface area (Å²) >= 11 is 5.89. The lowest BCUT2D eigenvalue weighted by molar-refractivity contribution is 0.142. The Bertz CT molecular complexity index is 1350. The number of anilines is 3. The van der Waals surface area contributed by atoms with Crippen molar-refractivity contribution in [2.45, 2.75) is 12.5 Å². The minimum absolute atomic E-state index is 0.0454. The first-order valence-electron chi connectivity index (χ1n) is 10.7. The van der Waals surface area contributed by atoms with Crippen molar-refractivity contribution in [1.82, 2.24) is 15.3 Å². The highest BCUT2D eigenvalue weighted by Crippen LogP contribution is 2.35. The number of aromatic nitrogens is 2. The van der Waals surface area contributed by atoms with E-state index in [1.54, 1.807) is 12.1 Å². The van der Waals surface area contributed by atoms with Crippen molar-refractivity contribution < 1.29 is 27.1 Å². The number of sulfone groups is 1. The number of fused-ring (bicyclic) bond motifs is 1. The van der Waals surface area contributed by atoms with Gasteiger partial charge in [0.25, 0.3) is 0 Å². The standard InChI is InChI=1S/C22H23ClFN5O5S/c1-35(31,32)7-5-25-22(30)29-19-9-15-18(10-20(19)34-14-4-6-33-11-14)26-12-27-21(15)28-13-2-3-17(24)16(23)8-13/h2-3,8-10,12,14H,4-7,11H2,1H3,(H2,25,29,30)(H,26,27,28)/t14-/m0/s1. The second-order valence-corrected chi connectivity index (χ2v) is 10.6. The monoisotopic (exact) mass is 523 g/mol. The smallest absolute Gasteiger partial charge is 0.319 e. The van der Waals surface area contributed by atoms with Gasteiger partial charge in [0.1, 0.15) is 39.7 Å². The first-order valence-corrected chi connectivity index (χ1v) is 13.1. The number of carbonyl (C=O) groups excluding carboxylic acids is 1. The van der Waals surface area contributed by atoms with Crippen LogP contribution in [0.15, 0.2) is 36.7 Å². The highest BCUT2D eigenvalue weighted by Gasteiger charge is 2.21. The lowest BCUT2D eigenvalue weighted by Gasteiger charge is -2.18. The molecule has 1 aliphatic heterocycles. The topological polar surface area (TPSA) is 132 Å². The van der Waals surface area contributed by atoms with Crippen LogP contribution in [0.25, 0.3) is 10.9 Å². The first kappa shape index (κ1) is 24.9. The van der Waals surface area contributed by atoms with Crippen LogP contribution in [0.4, 0.5) is 26.4 Å². The van der Waals surface area contributed by atoms with E-state index >= 15 is 0 Å². The summed E-state index contributed by atoms with van der Waals surface area (Å²) in [6, 6.07) is 6.89. The minimum atomic E-state index is -3.23. The van der Waals surface area contributed by atoms with Gasteiger partial charge in [-0.05, 0) is 24.3 Å². The fourth-order valence-corrected chi connectivity index (χ4v) is 4.04. The Kier molecular flexibility index (Phi) is 7.53. The summed E-state index contributed by atoms with van der Waals surface area (Å²) < 4.78 is 47.6. The van der Waals surface area contributed by atoms with E-state index in [-0.39, 0.29) is 23.4 Å². The summed E-state index contributed by atoms with van der Waals surface area (Å²) in [5, 5.41) is 8.81. The van der Waals surface area contributed by atoms with Crippen LogP contribution in [0.2, 0.25) is 5.02 Å². The van der Waals surface area contributed by atoms with Crippen molar-refractivity contribution >= 4 is 55.6 Å². The van der Waals surface area contributed by atoms with E-state index in [4.69, 9.17) is 21.1 Å². The molecule has 1 aromatic heterocycles. The van der Waals surface area contributed by atoms with Gasteiger partial charge in [0.05, 0.1) is 35.2 Å². The maximum atomic E-state index is 13.5. The molecule has 1 aliphatic rings. The molecule has 0 radical (unpaired) electrons. The number of carbonyl (C=O) groups is 1. The van der Waals surface area contributed by atoms with Gasteiger partial charge in [-0.2, -0.15) is 0 Å². The molecular weight excluding hydrogens is 501 g/mol. The largest absolute Gasteiger partial charge is 0.486 e. The Labute approximate surface area is 206 Å². The Hall–Kier alpha value is -3.22. The number of rotatable bonds is 8. The first-order chi connectivity index (χ1) is 16.7. The minimum Gasteiger partial charge on any atom is -0.486 e. The number of hydrogen-bond acceptors (Lipinski definition) is 8. The molecule has 1 atom stereocenters. The molecule has 10 nitrogen and oxygen atoms in total. The van der Waals surface area contributed by atoms with Gasteiger partial charge >= 0.3 is 6.03 Å². The van der Waals surface area contributed by atoms with E-state index < -0.39 is 21.7 Å². The van der Waals surface area contributed by atoms with E-state index in [0.29, 0.717) is 53.5 Å². The number of benzene rings is 2. The summed E-state index contributed by atoms with van der Waals surface area (Å²) in [5.41, 5.74) is 1.37. The van der Waals surface area contributed by atoms with Gasteiger partial charge in [0, 0.05) is 36.4 Å². The molecule has 0 aliphatic carbocycles. The van der Waals surface area contributed by atoms with Crippen LogP contribution < -0.4 is 20.7 Å². The summed E-state index contributed by atoms with van der Waals surface area (Å²) in [5.74, 6) is 0.0359. The SMILES string of the molecule is CS(=O)(=O)CCNC(=O)Nc1cc2c(Nc3ccc(F)c(Cl)c3)ncnc2cc1O[C@H]1CCOC1. The normalized spacial score (nSPS) is 15.7. The molecule has 0 bridgehead atoms. The molecule has 0 saturated carbocycles. The van der Waals surface area contributed by atoms with Crippen LogP contribution in [0, 0.1) is 5.82 Å². The average Bonchev–Trinajstić information content (AvgIpc) is 3.29. The van der Waals surface area contributed by atoms with Crippen molar-refractivity contribution in [2.75, 3.05) is 42.4 Å². The summed E-state index contributed by atoms with van der Waals surface area (Å²) in [4.78, 5) is 21.0. The van der Waals surface area contributed by atoms with E-state index in [9.17, 15) is 17.6 Å². The van der Waals surface area contributed by atoms with Crippen LogP contribution in [-0.2, 0) is 14.6 Å². The highest BCUT2D eigenvalue weighted by atomic mass is 35.5. The Morgan fingerprint density at radius 1 is 1.29 bits per heavy atom. The van der Waals surface area contributed by atoms with Crippen LogP contribution in [-0.4, -0.2) is 62.3 Å². The van der Waals surface area contributed by atoms with Crippen molar-refractivity contribution in [3.8, 4) is 5.75 Å². The van der Waals surface area contributed by atoms with E-state index in [1.807, 2.05) is 0 Å². The zero-order valence-electron chi connectivity index (χ0n) is 18.7. The van der Waals surface area contributed by atoms with Crippen LogP contribution in [0.3, 0.4) is 0 Å². The number of ether oxygens (including phenoxy) is 2. The number of urea groups is 1. The summed E-state index contributed by atoms with van der Waals surface area (Å²) in [7, 11) is -3.23. The van der Waals surface area contributed by atoms with E-state index in [1.165, 1.54) is 24.5 Å². The average molecular weight is 524 g/mol. The van der Waals surface area contributed by atoms with Gasteiger partial charge in [0.2, 0.25) is 0 Å². The van der Waals surface area contributed by atoms with Crippen LogP contribution >= 0.6 is 11.6 Å². The molecule has 186 valence electrons. The van der Waals surface area contributed by atoms with Gasteiger partial charge in [-0.15, -0.1) is 0 Å². The third kappa shape index (κ3) is 6.68. The number of halogens is 2. The van der Waals surface area contributed by atoms with E-state index in [0.717, 1.165) is 6.26 Å². The Morgan fingerprint density at radius 2 is 2.11 bits per heavy atom. The Morgan fingerprint density at radius 3 is 2.83 bits per heavy atom. The van der Waals surface area contributed by atoms with Gasteiger partial charge in [0.15, 0.2) is 0 Å². The van der Waals surface area contributed by atoms with Crippen molar-refractivity contribution in [3.63, 3.8) is 0 Å². The maximum absolute atomic E-state index is 13.5. The molecule has 3 aromatic rings. The number of amides is 2. The zero-order valence-corrected chi connectivity index (χ0v) is 20.2. The molecular formula is C22H23ClFN5O5S. The molecule has 4 rings (SSSR count). The van der Waals surface area contributed by atoms with Crippen molar-refractivity contribution in [2.24, 2.45) is 0 Å². The fourth-order valence-electron chi connectivity index (χ4n) is 3.39. The number of nitrogens with one attached hydrogen (secondary N) is 3. The molecule has 13 heteroatoms. The zero-order chi connectivity index (χ0) is 25.0. The Balaban J connectivity index is 1.64. The predicted octanol–water partition coefficient (Wildman–Crippen LogP) is 3.50. The van der Waals surface area contributed by atoms with E-state index in [2.05, 4.69) is 25.9 Å². The number of hydrogen-bond donors (Lipinski definition) is 3. The fraction of sp³-hybridized carbons (Fsp3) is 0.318. The highest BCUT2D eigenvalue weighted by molar-refractivity contribution is 7.90. The summed E-state index contributed by atoms with van der Waals surface area (Å²) in [6.45, 7) is 0.940. The third-order valence-electron chi connectivity index (χ3n) is 5.11. The molecule has 2 amide bonds. The molecule has 0 unspecified atom stereocenters. The maximum Gasteiger partial charge on any atom is 0.319 e. The van der Waals surface area contributed by atoms with Crippen LogP contribution in [0.5, 0.6) is 5.75 Å². The van der Waals surface area contributed by atoms with Crippen molar-refractivity contribution in [1.29, 1.82) is 0 Å². The second kappa shape index (κ2) is 10.6. The summed E-state index contributed by atoms with van der Waals surface area (Å²) in [6.07, 6.45) is 2.96. The second-order valence-electron chi connectivity index (χ2n) is 7.96. The predicted molar refractivity (Wildman–Crippen MR) is 131 cm³/mol. The molecule has 1 fully saturated rings. The van der Waals surface area contributed by atoms with Crippen LogP contribution in [0.1, 0.15) is 6.42 Å². The number of nitrogens with zero attached hydrogens (tertiary/aromatic N) is 2. The lowest BCUT2D eigenvalue weighted by Crippen LogP contribution is -2.33. The third-order valence-corrected chi connectivity index (χ3v) is 6.34. The molecule has 2 heterocycles. The molecule has 3 N–H and O–H groups in total. The van der Waals surface area contributed by atoms with Gasteiger partial charge in [-0.3, -0.25) is 0 Å². The van der Waals surface area contributed by atoms with Gasteiger partial charge in [-0.1, -0.05) is 11.6 Å². The molecule has 1 saturated heterocycles. The van der Waals surface area contributed by atoms with Gasteiger partial charge in [-0.25, -0.2) is 27.6 Å². The van der Waals surface area contributed by atoms with Gasteiger partial charge < -0.3 is 25.4 Å². The molecule has 2 aromatic carbocycles. The molecule has 35 heavy (non-hydrogen) atoms. The van der Waals surface area contributed by atoms with Crippen molar-refractivity contribution in [3.05, 3.63) is 47.5 Å². The lowest BCUT2D eigenvalue weighted by atomic mass is 10.1. The molecule has 0 spiro atoms. The quantitative estimate of drug-likeness (QED) is 0.409.